The maximum Gasteiger partial charge on any atom is 0.280 e. The van der Waals surface area contributed by atoms with Crippen LogP contribution in [0.1, 0.15) is 75.7 Å². The molecule has 5 rings (SSSR count). The molecule has 2 aromatic heterocycles. The van der Waals surface area contributed by atoms with Gasteiger partial charge in [-0.3, -0.25) is 19.4 Å². The minimum absolute atomic E-state index is 0.0192. The Bertz CT molecular complexity index is 1500. The van der Waals surface area contributed by atoms with E-state index in [1.165, 1.54) is 41.0 Å². The van der Waals surface area contributed by atoms with Gasteiger partial charge in [0.25, 0.3) is 18.2 Å². The number of halogens is 4. The number of amides is 3. The Balaban J connectivity index is 1.52. The molecule has 0 spiro atoms. The molecular formula is C27H26Cl2F2N6O3. The largest absolute Gasteiger partial charge is 0.357 e. The van der Waals surface area contributed by atoms with Crippen LogP contribution in [0.4, 0.5) is 8.78 Å². The highest BCUT2D eigenvalue weighted by molar-refractivity contribution is 6.42. The van der Waals surface area contributed by atoms with Crippen molar-refractivity contribution in [2.24, 2.45) is 0 Å². The minimum atomic E-state index is -2.71. The second-order valence-corrected chi connectivity index (χ2v) is 10.7. The number of carbonyl (C=O) groups excluding carboxylic acids is 3. The van der Waals surface area contributed by atoms with E-state index in [1.807, 2.05) is 6.92 Å². The minimum Gasteiger partial charge on any atom is -0.357 e. The van der Waals surface area contributed by atoms with Gasteiger partial charge in [0, 0.05) is 36.8 Å². The first kappa shape index (κ1) is 28.0. The van der Waals surface area contributed by atoms with Gasteiger partial charge in [-0.1, -0.05) is 29.3 Å². The van der Waals surface area contributed by atoms with Crippen molar-refractivity contribution in [3.05, 3.63) is 80.3 Å². The molecule has 13 heteroatoms. The number of aromatic nitrogens is 3. The summed E-state index contributed by atoms with van der Waals surface area (Å²) in [5.41, 5.74) is 1.96. The van der Waals surface area contributed by atoms with E-state index < -0.39 is 18.5 Å². The Morgan fingerprint density at radius 2 is 1.90 bits per heavy atom. The molecule has 210 valence electrons. The van der Waals surface area contributed by atoms with Gasteiger partial charge in [-0.15, -0.1) is 0 Å². The molecule has 0 bridgehead atoms. The zero-order valence-electron chi connectivity index (χ0n) is 21.9. The van der Waals surface area contributed by atoms with Crippen molar-refractivity contribution in [2.75, 3.05) is 13.6 Å². The van der Waals surface area contributed by atoms with Crippen LogP contribution in [0.2, 0.25) is 10.0 Å². The molecule has 1 unspecified atom stereocenters. The van der Waals surface area contributed by atoms with Gasteiger partial charge in [-0.05, 0) is 43.7 Å². The number of rotatable bonds is 5. The number of nitrogens with zero attached hydrogens (tertiary/aromatic N) is 5. The molecule has 3 aromatic rings. The van der Waals surface area contributed by atoms with Crippen LogP contribution in [0.5, 0.6) is 0 Å². The highest BCUT2D eigenvalue weighted by Crippen LogP contribution is 2.36. The van der Waals surface area contributed by atoms with Crippen molar-refractivity contribution in [1.29, 1.82) is 0 Å². The van der Waals surface area contributed by atoms with E-state index in [0.717, 1.165) is 0 Å². The van der Waals surface area contributed by atoms with Crippen LogP contribution in [-0.2, 0) is 17.8 Å². The van der Waals surface area contributed by atoms with E-state index in [9.17, 15) is 23.2 Å². The predicted molar refractivity (Wildman–Crippen MR) is 143 cm³/mol. The normalized spacial score (nSPS) is 19.4. The Morgan fingerprint density at radius 1 is 1.15 bits per heavy atom. The molecule has 3 atom stereocenters. The van der Waals surface area contributed by atoms with E-state index in [1.54, 1.807) is 24.0 Å². The lowest BCUT2D eigenvalue weighted by Crippen LogP contribution is -2.49. The Morgan fingerprint density at radius 3 is 2.52 bits per heavy atom. The summed E-state index contributed by atoms with van der Waals surface area (Å²) in [6.45, 7) is 3.76. The molecule has 4 heterocycles. The standard InChI is InChI=1S/C27H26Cl2F2N6O3/c1-13-8-21-17(11-35(13)26(39)15-4-6-18(28)19(29)9-15)23-27(40)36(12-22(25(38)32-3)37(23)34-21)14(2)16-5-7-20(24(30)31)33-10-16/h4-7,9-10,13-14,22,24H,8,11-12H2,1-3H3,(H,32,38)/t13-,14?,22+/m1/s1. The zero-order chi connectivity index (χ0) is 28.9. The van der Waals surface area contributed by atoms with Gasteiger partial charge in [-0.2, -0.15) is 5.10 Å². The maximum atomic E-state index is 14.0. The summed E-state index contributed by atoms with van der Waals surface area (Å²) >= 11 is 12.2. The van der Waals surface area contributed by atoms with Gasteiger partial charge in [0.15, 0.2) is 0 Å². The third-order valence-corrected chi connectivity index (χ3v) is 8.27. The number of hydrogen-bond acceptors (Lipinski definition) is 5. The number of pyridine rings is 1. The van der Waals surface area contributed by atoms with Crippen LogP contribution < -0.4 is 5.32 Å². The summed E-state index contributed by atoms with van der Waals surface area (Å²) in [5.74, 6) is -0.997. The van der Waals surface area contributed by atoms with Gasteiger partial charge in [-0.25, -0.2) is 13.5 Å². The van der Waals surface area contributed by atoms with Crippen LogP contribution in [0.15, 0.2) is 36.5 Å². The summed E-state index contributed by atoms with van der Waals surface area (Å²) < 4.78 is 27.5. The first-order chi connectivity index (χ1) is 19.0. The van der Waals surface area contributed by atoms with Crippen molar-refractivity contribution in [3.8, 4) is 0 Å². The fourth-order valence-electron chi connectivity index (χ4n) is 5.23. The number of nitrogens with one attached hydrogen (secondary N) is 1. The third kappa shape index (κ3) is 4.81. The van der Waals surface area contributed by atoms with E-state index in [-0.39, 0.29) is 53.3 Å². The molecule has 0 saturated heterocycles. The van der Waals surface area contributed by atoms with Crippen molar-refractivity contribution in [1.82, 2.24) is 29.9 Å². The van der Waals surface area contributed by atoms with E-state index >= 15 is 0 Å². The Hall–Kier alpha value is -3.57. The van der Waals surface area contributed by atoms with E-state index in [0.29, 0.717) is 33.8 Å². The first-order valence-electron chi connectivity index (χ1n) is 12.6. The molecule has 2 aliphatic rings. The number of benzene rings is 1. The fourth-order valence-corrected chi connectivity index (χ4v) is 5.53. The molecule has 0 fully saturated rings. The highest BCUT2D eigenvalue weighted by atomic mass is 35.5. The molecule has 2 aliphatic heterocycles. The molecule has 0 radical (unpaired) electrons. The van der Waals surface area contributed by atoms with Gasteiger partial charge in [0.1, 0.15) is 17.4 Å². The lowest BCUT2D eigenvalue weighted by atomic mass is 9.96. The maximum absolute atomic E-state index is 14.0. The highest BCUT2D eigenvalue weighted by Gasteiger charge is 2.43. The number of fused-ring (bicyclic) bond motifs is 3. The molecule has 9 nitrogen and oxygen atoms in total. The molecular weight excluding hydrogens is 565 g/mol. The summed E-state index contributed by atoms with van der Waals surface area (Å²) in [4.78, 5) is 47.4. The molecule has 40 heavy (non-hydrogen) atoms. The predicted octanol–water partition coefficient (Wildman–Crippen LogP) is 4.61. The smallest absolute Gasteiger partial charge is 0.280 e. The van der Waals surface area contributed by atoms with Crippen LogP contribution in [0.25, 0.3) is 0 Å². The molecule has 1 aromatic carbocycles. The van der Waals surface area contributed by atoms with Crippen molar-refractivity contribution in [2.45, 2.75) is 51.4 Å². The van der Waals surface area contributed by atoms with Gasteiger partial charge in [0.05, 0.1) is 34.9 Å². The number of alkyl halides is 2. The summed E-state index contributed by atoms with van der Waals surface area (Å²) in [6.07, 6.45) is -1.02. The number of carbonyl (C=O) groups is 3. The quantitative estimate of drug-likeness (QED) is 0.467. The van der Waals surface area contributed by atoms with E-state index in [2.05, 4.69) is 15.4 Å². The second kappa shape index (κ2) is 10.8. The van der Waals surface area contributed by atoms with Crippen molar-refractivity contribution >= 4 is 40.9 Å². The molecule has 3 amide bonds. The van der Waals surface area contributed by atoms with Crippen LogP contribution in [-0.4, -0.2) is 61.9 Å². The molecule has 1 N–H and O–H groups in total. The number of hydrogen-bond donors (Lipinski definition) is 1. The average molecular weight is 591 g/mol. The van der Waals surface area contributed by atoms with Gasteiger partial charge in [0.2, 0.25) is 5.91 Å². The lowest BCUT2D eigenvalue weighted by molar-refractivity contribution is -0.125. The van der Waals surface area contributed by atoms with Crippen molar-refractivity contribution < 1.29 is 23.2 Å². The Labute approximate surface area is 239 Å². The zero-order valence-corrected chi connectivity index (χ0v) is 23.4. The monoisotopic (exact) mass is 590 g/mol. The second-order valence-electron chi connectivity index (χ2n) is 9.91. The molecule has 0 saturated carbocycles. The van der Waals surface area contributed by atoms with Crippen LogP contribution in [0.3, 0.4) is 0 Å². The van der Waals surface area contributed by atoms with Gasteiger partial charge >= 0.3 is 0 Å². The number of likely N-dealkylation sites (N-methyl/N-ethyl adjacent to an activating group) is 1. The van der Waals surface area contributed by atoms with Crippen LogP contribution >= 0.6 is 23.2 Å². The average Bonchev–Trinajstić information content (AvgIpc) is 3.31. The summed E-state index contributed by atoms with van der Waals surface area (Å²) in [5, 5.41) is 7.89. The SMILES string of the molecule is CNC(=O)[C@@H]1CN(C(C)c2ccc(C(F)F)nc2)C(=O)c2c3c(nn21)C[C@@H](C)N(C(=O)c1ccc(Cl)c(Cl)c1)C3. The van der Waals surface area contributed by atoms with E-state index in [4.69, 9.17) is 23.2 Å². The summed E-state index contributed by atoms with van der Waals surface area (Å²) in [7, 11) is 1.50. The fraction of sp³-hybridized carbons (Fsp3) is 0.370. The van der Waals surface area contributed by atoms with Crippen LogP contribution in [0, 0.1) is 0 Å². The first-order valence-corrected chi connectivity index (χ1v) is 13.4. The summed E-state index contributed by atoms with van der Waals surface area (Å²) in [6, 6.07) is 5.74. The third-order valence-electron chi connectivity index (χ3n) is 7.53. The molecule has 0 aliphatic carbocycles. The van der Waals surface area contributed by atoms with Crippen molar-refractivity contribution in [3.63, 3.8) is 0 Å². The lowest BCUT2D eigenvalue weighted by Gasteiger charge is -2.38. The van der Waals surface area contributed by atoms with Gasteiger partial charge < -0.3 is 15.1 Å². The topological polar surface area (TPSA) is 100 Å². The Kier molecular flexibility index (Phi) is 7.54.